The third kappa shape index (κ3) is 5.54. The average molecular weight is 371 g/mol. The van der Waals surface area contributed by atoms with Crippen LogP contribution in [0.5, 0.6) is 0 Å². The van der Waals surface area contributed by atoms with E-state index in [1.54, 1.807) is 30.7 Å². The standard InChI is InChI=1S/C15H19ClN4O3S/c1-24(22,23)20(14-5-2-4-13(16)10-14)11-15(21)18-6-3-8-19-9-7-17-12-19/h2,4-5,7,9-10,12H,3,6,8,11H2,1H3,(H,18,21). The molecule has 0 saturated heterocycles. The van der Waals surface area contributed by atoms with Gasteiger partial charge in [-0.1, -0.05) is 17.7 Å². The molecule has 0 spiro atoms. The normalized spacial score (nSPS) is 11.2. The summed E-state index contributed by atoms with van der Waals surface area (Å²) in [6.45, 7) is 0.888. The summed E-state index contributed by atoms with van der Waals surface area (Å²) in [6, 6.07) is 6.38. The van der Waals surface area contributed by atoms with Gasteiger partial charge in [-0.25, -0.2) is 13.4 Å². The summed E-state index contributed by atoms with van der Waals surface area (Å²) in [5, 5.41) is 3.12. The minimum Gasteiger partial charge on any atom is -0.354 e. The molecule has 0 aliphatic carbocycles. The predicted molar refractivity (Wildman–Crippen MR) is 93.5 cm³/mol. The number of aryl methyl sites for hydroxylation is 1. The summed E-state index contributed by atoms with van der Waals surface area (Å²) in [4.78, 5) is 16.0. The van der Waals surface area contributed by atoms with Crippen molar-refractivity contribution in [3.63, 3.8) is 0 Å². The number of carbonyl (C=O) groups excluding carboxylic acids is 1. The van der Waals surface area contributed by atoms with Crippen LogP contribution in [0.4, 0.5) is 5.69 Å². The van der Waals surface area contributed by atoms with Crippen LogP contribution in [0, 0.1) is 0 Å². The van der Waals surface area contributed by atoms with Gasteiger partial charge in [0.05, 0.1) is 18.3 Å². The smallest absolute Gasteiger partial charge is 0.240 e. The van der Waals surface area contributed by atoms with Crippen LogP contribution in [0.2, 0.25) is 5.02 Å². The number of carbonyl (C=O) groups is 1. The zero-order valence-electron chi connectivity index (χ0n) is 13.2. The van der Waals surface area contributed by atoms with E-state index in [1.165, 1.54) is 6.07 Å². The maximum atomic E-state index is 12.1. The lowest BCUT2D eigenvalue weighted by Crippen LogP contribution is -2.40. The number of hydrogen-bond donors (Lipinski definition) is 1. The largest absolute Gasteiger partial charge is 0.354 e. The first-order chi connectivity index (χ1) is 11.4. The number of rotatable bonds is 8. The first-order valence-corrected chi connectivity index (χ1v) is 9.54. The molecule has 9 heteroatoms. The first kappa shape index (κ1) is 18.3. The summed E-state index contributed by atoms with van der Waals surface area (Å²) >= 11 is 5.90. The highest BCUT2D eigenvalue weighted by atomic mass is 35.5. The maximum absolute atomic E-state index is 12.1. The number of aromatic nitrogens is 2. The van der Waals surface area contributed by atoms with Gasteiger partial charge in [-0.15, -0.1) is 0 Å². The third-order valence-corrected chi connectivity index (χ3v) is 4.63. The molecule has 1 N–H and O–H groups in total. The van der Waals surface area contributed by atoms with E-state index in [9.17, 15) is 13.2 Å². The average Bonchev–Trinajstić information content (AvgIpc) is 3.01. The van der Waals surface area contributed by atoms with Gasteiger partial charge in [-0.3, -0.25) is 9.10 Å². The minimum absolute atomic E-state index is 0.287. The second-order valence-corrected chi connectivity index (χ2v) is 7.60. The quantitative estimate of drug-likeness (QED) is 0.714. The van der Waals surface area contributed by atoms with Crippen molar-refractivity contribution in [2.75, 3.05) is 23.7 Å². The molecule has 1 aromatic carbocycles. The van der Waals surface area contributed by atoms with Crippen LogP contribution in [-0.2, 0) is 21.4 Å². The van der Waals surface area contributed by atoms with Crippen molar-refractivity contribution < 1.29 is 13.2 Å². The second kappa shape index (κ2) is 8.16. The number of sulfonamides is 1. The number of hydrogen-bond acceptors (Lipinski definition) is 4. The van der Waals surface area contributed by atoms with E-state index in [0.717, 1.165) is 23.5 Å². The Bertz CT molecular complexity index is 778. The number of anilines is 1. The van der Waals surface area contributed by atoms with Gasteiger partial charge in [-0.05, 0) is 24.6 Å². The molecule has 2 rings (SSSR count). The molecule has 2 aromatic rings. The highest BCUT2D eigenvalue weighted by Gasteiger charge is 2.20. The van der Waals surface area contributed by atoms with Crippen molar-refractivity contribution >= 4 is 33.2 Å². The van der Waals surface area contributed by atoms with Gasteiger partial charge in [0.15, 0.2) is 0 Å². The number of amides is 1. The zero-order valence-corrected chi connectivity index (χ0v) is 14.8. The number of imidazole rings is 1. The summed E-state index contributed by atoms with van der Waals surface area (Å²) < 4.78 is 26.8. The minimum atomic E-state index is -3.59. The van der Waals surface area contributed by atoms with Gasteiger partial charge in [0.1, 0.15) is 6.54 Å². The van der Waals surface area contributed by atoms with Crippen LogP contribution in [0.3, 0.4) is 0 Å². The number of halogens is 1. The Balaban J connectivity index is 1.90. The molecular weight excluding hydrogens is 352 g/mol. The number of benzene rings is 1. The van der Waals surface area contributed by atoms with Crippen LogP contribution < -0.4 is 9.62 Å². The van der Waals surface area contributed by atoms with Crippen molar-refractivity contribution in [1.29, 1.82) is 0 Å². The molecule has 0 saturated carbocycles. The topological polar surface area (TPSA) is 84.3 Å². The summed E-state index contributed by atoms with van der Waals surface area (Å²) in [5.74, 6) is -0.369. The van der Waals surface area contributed by atoms with Crippen LogP contribution in [0.25, 0.3) is 0 Å². The molecule has 1 amide bonds. The molecule has 0 aliphatic heterocycles. The Hall–Kier alpha value is -2.06. The highest BCUT2D eigenvalue weighted by Crippen LogP contribution is 2.21. The van der Waals surface area contributed by atoms with Gasteiger partial charge < -0.3 is 9.88 Å². The lowest BCUT2D eigenvalue weighted by atomic mass is 10.3. The fraction of sp³-hybridized carbons (Fsp3) is 0.333. The van der Waals surface area contributed by atoms with E-state index in [4.69, 9.17) is 11.6 Å². The van der Waals surface area contributed by atoms with Gasteiger partial charge >= 0.3 is 0 Å². The van der Waals surface area contributed by atoms with Gasteiger partial charge in [0, 0.05) is 30.5 Å². The van der Waals surface area contributed by atoms with E-state index in [-0.39, 0.29) is 12.5 Å². The molecule has 0 unspecified atom stereocenters. The van der Waals surface area contributed by atoms with E-state index < -0.39 is 10.0 Å². The Labute approximate surface area is 146 Å². The van der Waals surface area contributed by atoms with Crippen molar-refractivity contribution in [2.45, 2.75) is 13.0 Å². The van der Waals surface area contributed by atoms with E-state index in [1.807, 2.05) is 10.8 Å². The second-order valence-electron chi connectivity index (χ2n) is 5.25. The van der Waals surface area contributed by atoms with E-state index >= 15 is 0 Å². The summed E-state index contributed by atoms with van der Waals surface area (Å²) in [7, 11) is -3.59. The van der Waals surface area contributed by atoms with Gasteiger partial charge in [0.2, 0.25) is 15.9 Å². The molecular formula is C15H19ClN4O3S. The summed E-state index contributed by atoms with van der Waals surface area (Å²) in [6.07, 6.45) is 7.00. The Morgan fingerprint density at radius 1 is 1.42 bits per heavy atom. The molecule has 1 aromatic heterocycles. The Morgan fingerprint density at radius 2 is 2.21 bits per heavy atom. The molecule has 0 fully saturated rings. The monoisotopic (exact) mass is 370 g/mol. The van der Waals surface area contributed by atoms with Crippen molar-refractivity contribution in [1.82, 2.24) is 14.9 Å². The Kier molecular flexibility index (Phi) is 6.22. The lowest BCUT2D eigenvalue weighted by Gasteiger charge is -2.22. The van der Waals surface area contributed by atoms with E-state index in [0.29, 0.717) is 17.3 Å². The van der Waals surface area contributed by atoms with Gasteiger partial charge in [-0.2, -0.15) is 0 Å². The van der Waals surface area contributed by atoms with Crippen molar-refractivity contribution in [2.24, 2.45) is 0 Å². The predicted octanol–water partition coefficient (Wildman–Crippen LogP) is 1.51. The molecule has 0 aliphatic rings. The SMILES string of the molecule is CS(=O)(=O)N(CC(=O)NCCCn1ccnc1)c1cccc(Cl)c1. The van der Waals surface area contributed by atoms with Crippen LogP contribution in [0.15, 0.2) is 43.0 Å². The lowest BCUT2D eigenvalue weighted by molar-refractivity contribution is -0.119. The van der Waals surface area contributed by atoms with Crippen LogP contribution >= 0.6 is 11.6 Å². The maximum Gasteiger partial charge on any atom is 0.240 e. The Morgan fingerprint density at radius 3 is 2.83 bits per heavy atom. The van der Waals surface area contributed by atoms with Crippen molar-refractivity contribution in [3.8, 4) is 0 Å². The number of nitrogens with one attached hydrogen (secondary N) is 1. The molecule has 130 valence electrons. The summed E-state index contributed by atoms with van der Waals surface area (Å²) in [5.41, 5.74) is 0.360. The number of nitrogens with zero attached hydrogens (tertiary/aromatic N) is 3. The molecule has 24 heavy (non-hydrogen) atoms. The first-order valence-electron chi connectivity index (χ1n) is 7.32. The van der Waals surface area contributed by atoms with Crippen molar-refractivity contribution in [3.05, 3.63) is 48.0 Å². The molecule has 0 bridgehead atoms. The molecule has 7 nitrogen and oxygen atoms in total. The fourth-order valence-corrected chi connectivity index (χ4v) is 3.16. The fourth-order valence-electron chi connectivity index (χ4n) is 2.13. The zero-order chi connectivity index (χ0) is 17.6. The van der Waals surface area contributed by atoms with Gasteiger partial charge in [0.25, 0.3) is 0 Å². The van der Waals surface area contributed by atoms with Crippen LogP contribution in [0.1, 0.15) is 6.42 Å². The highest BCUT2D eigenvalue weighted by molar-refractivity contribution is 7.92. The molecule has 0 radical (unpaired) electrons. The third-order valence-electron chi connectivity index (χ3n) is 3.26. The van der Waals surface area contributed by atoms with Crippen LogP contribution in [-0.4, -0.2) is 43.2 Å². The molecule has 1 heterocycles. The molecule has 0 atom stereocenters. The van der Waals surface area contributed by atoms with E-state index in [2.05, 4.69) is 10.3 Å².